The lowest BCUT2D eigenvalue weighted by Crippen LogP contribution is -2.44. The molecule has 1 aromatic carbocycles. The second-order valence-electron chi connectivity index (χ2n) is 5.50. The summed E-state index contributed by atoms with van der Waals surface area (Å²) >= 11 is 0. The van der Waals surface area contributed by atoms with E-state index in [9.17, 15) is 4.79 Å². The van der Waals surface area contributed by atoms with Crippen molar-refractivity contribution >= 4 is 5.91 Å². The fourth-order valence-corrected chi connectivity index (χ4v) is 2.66. The molecule has 0 radical (unpaired) electrons. The molecular weight excluding hydrogens is 262 g/mol. The first-order valence-electron chi connectivity index (χ1n) is 7.37. The molecule has 0 saturated carbocycles. The number of rotatable bonds is 2. The van der Waals surface area contributed by atoms with Crippen LogP contribution in [0.4, 0.5) is 0 Å². The van der Waals surface area contributed by atoms with Gasteiger partial charge in [-0.05, 0) is 45.1 Å². The lowest BCUT2D eigenvalue weighted by atomic mass is 10.0. The van der Waals surface area contributed by atoms with Crippen LogP contribution in [0.1, 0.15) is 28.8 Å². The summed E-state index contributed by atoms with van der Waals surface area (Å²) in [6, 6.07) is 7.80. The van der Waals surface area contributed by atoms with Gasteiger partial charge in [0.1, 0.15) is 0 Å². The van der Waals surface area contributed by atoms with Crippen LogP contribution in [0.2, 0.25) is 0 Å². The summed E-state index contributed by atoms with van der Waals surface area (Å²) in [5, 5.41) is 0. The number of nitrogens with two attached hydrogens (primary N) is 1. The predicted molar refractivity (Wildman–Crippen MR) is 85.0 cm³/mol. The summed E-state index contributed by atoms with van der Waals surface area (Å²) in [6.07, 6.45) is 2.05. The Labute approximate surface area is 126 Å². The summed E-state index contributed by atoms with van der Waals surface area (Å²) in [7, 11) is 4.02. The summed E-state index contributed by atoms with van der Waals surface area (Å²) in [5.41, 5.74) is 6.84. The van der Waals surface area contributed by atoms with Gasteiger partial charge in [0.15, 0.2) is 0 Å². The summed E-state index contributed by atoms with van der Waals surface area (Å²) in [4.78, 5) is 16.9. The zero-order valence-corrected chi connectivity index (χ0v) is 12.8. The molecule has 112 valence electrons. The molecule has 0 spiro atoms. The van der Waals surface area contributed by atoms with Gasteiger partial charge in [-0.25, -0.2) is 0 Å². The Morgan fingerprint density at radius 3 is 2.71 bits per heavy atom. The van der Waals surface area contributed by atoms with Crippen LogP contribution in [0, 0.1) is 11.8 Å². The number of hydrogen-bond donors (Lipinski definition) is 1. The molecule has 1 saturated heterocycles. The maximum Gasteiger partial charge on any atom is 0.255 e. The maximum absolute atomic E-state index is 12.7. The van der Waals surface area contributed by atoms with Gasteiger partial charge in [0.2, 0.25) is 0 Å². The maximum atomic E-state index is 12.7. The minimum Gasteiger partial charge on any atom is -0.339 e. The molecule has 0 atom stereocenters. The molecule has 4 nitrogen and oxygen atoms in total. The number of benzene rings is 1. The average Bonchev–Trinajstić information content (AvgIpc) is 2.52. The zero-order chi connectivity index (χ0) is 15.2. The van der Waals surface area contributed by atoms with Gasteiger partial charge in [-0.1, -0.05) is 24.0 Å². The van der Waals surface area contributed by atoms with Crippen molar-refractivity contribution in [2.45, 2.75) is 18.9 Å². The highest BCUT2D eigenvalue weighted by Crippen LogP contribution is 2.18. The Morgan fingerprint density at radius 2 is 2.05 bits per heavy atom. The van der Waals surface area contributed by atoms with Crippen LogP contribution in [-0.4, -0.2) is 55.5 Å². The Bertz CT molecular complexity index is 551. The van der Waals surface area contributed by atoms with E-state index >= 15 is 0 Å². The molecule has 0 aromatic heterocycles. The third kappa shape index (κ3) is 3.84. The molecule has 21 heavy (non-hydrogen) atoms. The van der Waals surface area contributed by atoms with Gasteiger partial charge in [0.05, 0.1) is 12.1 Å². The lowest BCUT2D eigenvalue weighted by molar-refractivity contribution is 0.0659. The molecule has 1 aliphatic heterocycles. The van der Waals surface area contributed by atoms with Gasteiger partial charge in [0, 0.05) is 18.7 Å². The number of amides is 1. The molecule has 2 N–H and O–H groups in total. The Balaban J connectivity index is 2.16. The van der Waals surface area contributed by atoms with Crippen LogP contribution >= 0.6 is 0 Å². The highest BCUT2D eigenvalue weighted by atomic mass is 16.2. The molecule has 1 heterocycles. The Morgan fingerprint density at radius 1 is 1.38 bits per heavy atom. The predicted octanol–water partition coefficient (Wildman–Crippen LogP) is 1.16. The van der Waals surface area contributed by atoms with E-state index in [2.05, 4.69) is 23.8 Å². The zero-order valence-electron chi connectivity index (χ0n) is 12.8. The van der Waals surface area contributed by atoms with Gasteiger partial charge in [0.25, 0.3) is 5.91 Å². The highest BCUT2D eigenvalue weighted by molar-refractivity contribution is 5.96. The minimum atomic E-state index is 0.0477. The molecule has 0 bridgehead atoms. The molecule has 4 heteroatoms. The van der Waals surface area contributed by atoms with Gasteiger partial charge >= 0.3 is 0 Å². The van der Waals surface area contributed by atoms with Crippen molar-refractivity contribution in [3.05, 3.63) is 35.4 Å². The number of likely N-dealkylation sites (tertiary alicyclic amines) is 1. The van der Waals surface area contributed by atoms with Gasteiger partial charge in [-0.3, -0.25) is 4.79 Å². The van der Waals surface area contributed by atoms with E-state index in [1.165, 1.54) is 0 Å². The summed E-state index contributed by atoms with van der Waals surface area (Å²) in [5.74, 6) is 5.86. The first-order chi connectivity index (χ1) is 10.1. The van der Waals surface area contributed by atoms with E-state index in [1.807, 2.05) is 36.2 Å². The van der Waals surface area contributed by atoms with Gasteiger partial charge in [-0.15, -0.1) is 0 Å². The summed E-state index contributed by atoms with van der Waals surface area (Å²) < 4.78 is 0. The van der Waals surface area contributed by atoms with Gasteiger partial charge < -0.3 is 15.5 Å². The van der Waals surface area contributed by atoms with Crippen molar-refractivity contribution in [1.29, 1.82) is 0 Å². The van der Waals surface area contributed by atoms with Crippen molar-refractivity contribution in [2.24, 2.45) is 5.73 Å². The second kappa shape index (κ2) is 7.26. The fourth-order valence-electron chi connectivity index (χ4n) is 2.66. The normalized spacial score (nSPS) is 16.1. The van der Waals surface area contributed by atoms with Gasteiger partial charge in [-0.2, -0.15) is 0 Å². The number of nitrogens with zero attached hydrogens (tertiary/aromatic N) is 2. The molecule has 0 unspecified atom stereocenters. The smallest absolute Gasteiger partial charge is 0.255 e. The van der Waals surface area contributed by atoms with E-state index in [-0.39, 0.29) is 5.91 Å². The highest BCUT2D eigenvalue weighted by Gasteiger charge is 2.25. The number of carbonyl (C=O) groups excluding carboxylic acids is 1. The Kier molecular flexibility index (Phi) is 5.38. The molecule has 1 fully saturated rings. The van der Waals surface area contributed by atoms with Crippen LogP contribution in [0.5, 0.6) is 0 Å². The second-order valence-corrected chi connectivity index (χ2v) is 5.50. The van der Waals surface area contributed by atoms with Crippen LogP contribution < -0.4 is 5.73 Å². The number of carbonyl (C=O) groups is 1. The van der Waals surface area contributed by atoms with E-state index in [4.69, 9.17) is 5.73 Å². The Hall–Kier alpha value is -1.83. The molecule has 1 aromatic rings. The minimum absolute atomic E-state index is 0.0477. The van der Waals surface area contributed by atoms with Crippen LogP contribution in [-0.2, 0) is 0 Å². The van der Waals surface area contributed by atoms with Crippen LogP contribution in [0.15, 0.2) is 24.3 Å². The third-order valence-corrected chi connectivity index (χ3v) is 4.04. The van der Waals surface area contributed by atoms with E-state index in [1.54, 1.807) is 0 Å². The number of piperidine rings is 1. The lowest BCUT2D eigenvalue weighted by Gasteiger charge is -2.35. The van der Waals surface area contributed by atoms with Crippen molar-refractivity contribution in [2.75, 3.05) is 33.7 Å². The van der Waals surface area contributed by atoms with E-state index < -0.39 is 0 Å². The molecule has 0 aliphatic carbocycles. The summed E-state index contributed by atoms with van der Waals surface area (Å²) in [6.45, 7) is 2.38. The number of hydrogen-bond acceptors (Lipinski definition) is 3. The molecule has 2 rings (SSSR count). The topological polar surface area (TPSA) is 49.6 Å². The fraction of sp³-hybridized carbons (Fsp3) is 0.471. The molecule has 1 amide bonds. The largest absolute Gasteiger partial charge is 0.339 e. The van der Waals surface area contributed by atoms with Crippen molar-refractivity contribution in [1.82, 2.24) is 9.80 Å². The monoisotopic (exact) mass is 285 g/mol. The average molecular weight is 285 g/mol. The first-order valence-corrected chi connectivity index (χ1v) is 7.37. The van der Waals surface area contributed by atoms with Crippen LogP contribution in [0.25, 0.3) is 0 Å². The molecule has 1 aliphatic rings. The van der Waals surface area contributed by atoms with E-state index in [0.717, 1.165) is 31.5 Å². The first kappa shape index (κ1) is 15.6. The van der Waals surface area contributed by atoms with Crippen molar-refractivity contribution in [3.63, 3.8) is 0 Å². The van der Waals surface area contributed by atoms with Crippen LogP contribution in [0.3, 0.4) is 0 Å². The quantitative estimate of drug-likeness (QED) is 0.830. The van der Waals surface area contributed by atoms with Crippen molar-refractivity contribution < 1.29 is 4.79 Å². The van der Waals surface area contributed by atoms with Crippen molar-refractivity contribution in [3.8, 4) is 11.8 Å². The van der Waals surface area contributed by atoms with E-state index in [0.29, 0.717) is 18.2 Å². The standard InChI is InChI=1S/C17H23N3O/c1-19-12-9-15(10-13-19)20(2)17(21)16-8-4-3-6-14(16)7-5-11-18/h3-4,6,8,15H,9-13,18H2,1-2H3. The molecular formula is C17H23N3O. The third-order valence-electron chi connectivity index (χ3n) is 4.04. The SMILES string of the molecule is CN1CCC(N(C)C(=O)c2ccccc2C#CCN)CC1.